The van der Waals surface area contributed by atoms with Crippen LogP contribution in [0.25, 0.3) is 4.96 Å². The first-order chi connectivity index (χ1) is 6.70. The summed E-state index contributed by atoms with van der Waals surface area (Å²) in [6.45, 7) is 4.15. The first-order valence-electron chi connectivity index (χ1n) is 4.90. The molecule has 2 heterocycles. The van der Waals surface area contributed by atoms with Gasteiger partial charge in [-0.3, -0.25) is 4.40 Å². The summed E-state index contributed by atoms with van der Waals surface area (Å²) in [7, 11) is 0. The molecule has 3 nitrogen and oxygen atoms in total. The maximum absolute atomic E-state index is 5.78. The second kappa shape index (κ2) is 3.71. The van der Waals surface area contributed by atoms with Crippen molar-refractivity contribution >= 4 is 16.3 Å². The lowest BCUT2D eigenvalue weighted by atomic mass is 10.2. The lowest BCUT2D eigenvalue weighted by molar-refractivity contribution is 0.718. The van der Waals surface area contributed by atoms with Crippen LogP contribution >= 0.6 is 11.3 Å². The maximum atomic E-state index is 5.78. The molecule has 2 aromatic rings. The lowest BCUT2D eigenvalue weighted by Crippen LogP contribution is -2.18. The van der Waals surface area contributed by atoms with E-state index in [9.17, 15) is 0 Å². The number of aromatic nitrogens is 2. The number of nitrogens with zero attached hydrogens (tertiary/aromatic N) is 2. The summed E-state index contributed by atoms with van der Waals surface area (Å²) in [5.41, 5.74) is 8.21. The summed E-state index contributed by atoms with van der Waals surface area (Å²) >= 11 is 1.69. The highest BCUT2D eigenvalue weighted by atomic mass is 32.1. The van der Waals surface area contributed by atoms with Crippen LogP contribution in [0.3, 0.4) is 0 Å². The standard InChI is InChI=1S/C10H15N3S/c1-3-8-5-13-9(4-7(2)11)6-14-10(13)12-8/h5-7H,3-4,11H2,1-2H3. The van der Waals surface area contributed by atoms with Crippen molar-refractivity contribution in [1.82, 2.24) is 9.38 Å². The molecule has 0 saturated heterocycles. The van der Waals surface area contributed by atoms with Gasteiger partial charge in [0, 0.05) is 29.7 Å². The van der Waals surface area contributed by atoms with Crippen molar-refractivity contribution in [2.75, 3.05) is 0 Å². The number of thiazole rings is 1. The van der Waals surface area contributed by atoms with Gasteiger partial charge < -0.3 is 5.73 Å². The highest BCUT2D eigenvalue weighted by Gasteiger charge is 2.08. The molecule has 0 fully saturated rings. The fourth-order valence-electron chi connectivity index (χ4n) is 1.52. The predicted octanol–water partition coefficient (Wildman–Crippen LogP) is 1.85. The van der Waals surface area contributed by atoms with E-state index in [0.29, 0.717) is 0 Å². The summed E-state index contributed by atoms with van der Waals surface area (Å²) in [4.78, 5) is 5.58. The van der Waals surface area contributed by atoms with Gasteiger partial charge in [0.1, 0.15) is 0 Å². The van der Waals surface area contributed by atoms with Gasteiger partial charge in [0.15, 0.2) is 4.96 Å². The Morgan fingerprint density at radius 3 is 3.07 bits per heavy atom. The second-order valence-corrected chi connectivity index (χ2v) is 4.48. The van der Waals surface area contributed by atoms with E-state index in [0.717, 1.165) is 23.5 Å². The van der Waals surface area contributed by atoms with E-state index in [4.69, 9.17) is 5.73 Å². The first kappa shape index (κ1) is 9.68. The molecule has 2 aromatic heterocycles. The highest BCUT2D eigenvalue weighted by molar-refractivity contribution is 7.15. The minimum absolute atomic E-state index is 0.209. The van der Waals surface area contributed by atoms with Crippen LogP contribution in [0.4, 0.5) is 0 Å². The number of nitrogens with two attached hydrogens (primary N) is 1. The van der Waals surface area contributed by atoms with Crippen LogP contribution < -0.4 is 5.73 Å². The third-order valence-electron chi connectivity index (χ3n) is 2.23. The van der Waals surface area contributed by atoms with E-state index < -0.39 is 0 Å². The Labute approximate surface area is 87.6 Å². The van der Waals surface area contributed by atoms with Gasteiger partial charge in [-0.25, -0.2) is 4.98 Å². The van der Waals surface area contributed by atoms with Gasteiger partial charge in [-0.1, -0.05) is 6.92 Å². The van der Waals surface area contributed by atoms with E-state index >= 15 is 0 Å². The Morgan fingerprint density at radius 2 is 2.43 bits per heavy atom. The van der Waals surface area contributed by atoms with E-state index in [1.54, 1.807) is 11.3 Å². The molecule has 0 amide bonds. The fraction of sp³-hybridized carbons (Fsp3) is 0.500. The van der Waals surface area contributed by atoms with Crippen molar-refractivity contribution in [2.24, 2.45) is 5.73 Å². The predicted molar refractivity (Wildman–Crippen MR) is 59.8 cm³/mol. The largest absolute Gasteiger partial charge is 0.328 e. The van der Waals surface area contributed by atoms with Crippen LogP contribution in [-0.4, -0.2) is 15.4 Å². The minimum atomic E-state index is 0.209. The summed E-state index contributed by atoms with van der Waals surface area (Å²) < 4.78 is 2.16. The number of hydrogen-bond acceptors (Lipinski definition) is 3. The average Bonchev–Trinajstić information content (AvgIpc) is 2.66. The molecule has 0 bridgehead atoms. The molecule has 76 valence electrons. The normalized spacial score (nSPS) is 13.6. The summed E-state index contributed by atoms with van der Waals surface area (Å²) in [5, 5.41) is 2.14. The minimum Gasteiger partial charge on any atom is -0.328 e. The molecule has 14 heavy (non-hydrogen) atoms. The molecule has 4 heteroatoms. The molecule has 0 saturated carbocycles. The monoisotopic (exact) mass is 209 g/mol. The van der Waals surface area contributed by atoms with E-state index in [1.807, 2.05) is 6.92 Å². The van der Waals surface area contributed by atoms with Crippen LogP contribution in [-0.2, 0) is 12.8 Å². The Kier molecular flexibility index (Phi) is 2.56. The van der Waals surface area contributed by atoms with Crippen LogP contribution in [0.2, 0.25) is 0 Å². The molecule has 0 aromatic carbocycles. The molecule has 2 rings (SSSR count). The quantitative estimate of drug-likeness (QED) is 0.838. The van der Waals surface area contributed by atoms with Gasteiger partial charge in [-0.2, -0.15) is 0 Å². The number of aryl methyl sites for hydroxylation is 1. The SMILES string of the molecule is CCc1cn2c(CC(C)N)csc2n1. The Hall–Kier alpha value is -0.870. The van der Waals surface area contributed by atoms with E-state index in [2.05, 4.69) is 27.9 Å². The average molecular weight is 209 g/mol. The van der Waals surface area contributed by atoms with Crippen molar-refractivity contribution < 1.29 is 0 Å². The third kappa shape index (κ3) is 1.67. The Bertz CT molecular complexity index is 427. The molecule has 0 aliphatic rings. The smallest absolute Gasteiger partial charge is 0.194 e. The summed E-state index contributed by atoms with van der Waals surface area (Å²) in [6, 6.07) is 0.209. The van der Waals surface area contributed by atoms with Crippen molar-refractivity contribution in [3.8, 4) is 0 Å². The lowest BCUT2D eigenvalue weighted by Gasteiger charge is -2.02. The molecular formula is C10H15N3S. The third-order valence-corrected chi connectivity index (χ3v) is 3.12. The van der Waals surface area contributed by atoms with Crippen LogP contribution in [0.5, 0.6) is 0 Å². The molecule has 0 aliphatic heterocycles. The van der Waals surface area contributed by atoms with Gasteiger partial charge in [0.25, 0.3) is 0 Å². The highest BCUT2D eigenvalue weighted by Crippen LogP contribution is 2.17. The van der Waals surface area contributed by atoms with Gasteiger partial charge >= 0.3 is 0 Å². The summed E-state index contributed by atoms with van der Waals surface area (Å²) in [5.74, 6) is 0. The van der Waals surface area contributed by atoms with Gasteiger partial charge in [0.05, 0.1) is 5.69 Å². The van der Waals surface area contributed by atoms with Crippen LogP contribution in [0, 0.1) is 0 Å². The van der Waals surface area contributed by atoms with Gasteiger partial charge in [-0.05, 0) is 13.3 Å². The molecule has 0 radical (unpaired) electrons. The molecule has 1 unspecified atom stereocenters. The molecule has 1 atom stereocenters. The van der Waals surface area contributed by atoms with Gasteiger partial charge in [-0.15, -0.1) is 11.3 Å². The Morgan fingerprint density at radius 1 is 1.64 bits per heavy atom. The number of hydrogen-bond donors (Lipinski definition) is 1. The van der Waals surface area contributed by atoms with Crippen molar-refractivity contribution in [2.45, 2.75) is 32.7 Å². The van der Waals surface area contributed by atoms with Crippen LogP contribution in [0.1, 0.15) is 25.2 Å². The number of rotatable bonds is 3. The maximum Gasteiger partial charge on any atom is 0.194 e. The van der Waals surface area contributed by atoms with Crippen molar-refractivity contribution in [1.29, 1.82) is 0 Å². The topological polar surface area (TPSA) is 43.3 Å². The zero-order valence-electron chi connectivity index (χ0n) is 8.53. The Balaban J connectivity index is 2.40. The van der Waals surface area contributed by atoms with E-state index in [-0.39, 0.29) is 6.04 Å². The zero-order chi connectivity index (χ0) is 10.1. The molecule has 0 aliphatic carbocycles. The molecule has 0 spiro atoms. The van der Waals surface area contributed by atoms with E-state index in [1.165, 1.54) is 5.69 Å². The van der Waals surface area contributed by atoms with Crippen molar-refractivity contribution in [3.05, 3.63) is 23.0 Å². The zero-order valence-corrected chi connectivity index (χ0v) is 9.34. The number of imidazole rings is 1. The van der Waals surface area contributed by atoms with Crippen molar-refractivity contribution in [3.63, 3.8) is 0 Å². The van der Waals surface area contributed by atoms with Gasteiger partial charge in [0.2, 0.25) is 0 Å². The summed E-state index contributed by atoms with van der Waals surface area (Å²) in [6.07, 6.45) is 4.02. The number of fused-ring (bicyclic) bond motifs is 1. The molecule has 2 N–H and O–H groups in total. The first-order valence-corrected chi connectivity index (χ1v) is 5.78. The fourth-order valence-corrected chi connectivity index (χ4v) is 2.43. The molecular weight excluding hydrogens is 194 g/mol. The van der Waals surface area contributed by atoms with Crippen LogP contribution in [0.15, 0.2) is 11.6 Å². The second-order valence-electron chi connectivity index (χ2n) is 3.65.